The minimum Gasteiger partial charge on any atom is -0.394 e. The van der Waals surface area contributed by atoms with Crippen LogP contribution < -0.4 is 5.32 Å². The summed E-state index contributed by atoms with van der Waals surface area (Å²) in [4.78, 5) is 13.2. The Morgan fingerprint density at radius 3 is 1.37 bits per heavy atom. The second-order valence-corrected chi connectivity index (χ2v) is 20.0. The number of hydrogen-bond donors (Lipinski definition) is 12. The van der Waals surface area contributed by atoms with Crippen LogP contribution in [0.1, 0.15) is 181 Å². The van der Waals surface area contributed by atoms with Crippen LogP contribution in [0.3, 0.4) is 0 Å². The van der Waals surface area contributed by atoms with E-state index in [-0.39, 0.29) is 18.9 Å². The van der Waals surface area contributed by atoms with Gasteiger partial charge in [0.05, 0.1) is 38.6 Å². The van der Waals surface area contributed by atoms with Crippen LogP contribution >= 0.6 is 0 Å². The molecule has 3 aliphatic heterocycles. The summed E-state index contributed by atoms with van der Waals surface area (Å²) in [6.45, 7) is 1.72. The first-order chi connectivity index (χ1) is 34.3. The average molecular weight is 1020 g/mol. The molecule has 1 amide bonds. The lowest BCUT2D eigenvalue weighted by Crippen LogP contribution is -2.66. The number of amides is 1. The lowest BCUT2D eigenvalue weighted by Gasteiger charge is -2.48. The predicted octanol–water partition coefficient (Wildman–Crippen LogP) is 3.04. The maximum atomic E-state index is 13.2. The Labute approximate surface area is 423 Å². The molecule has 3 heterocycles. The van der Waals surface area contributed by atoms with E-state index in [1.165, 1.54) is 89.9 Å². The average Bonchev–Trinajstić information content (AvgIpc) is 3.36. The van der Waals surface area contributed by atoms with E-state index in [2.05, 4.69) is 31.3 Å². The quantitative estimate of drug-likeness (QED) is 0.0311. The topological polar surface area (TPSA) is 307 Å². The van der Waals surface area contributed by atoms with Crippen LogP contribution in [0.4, 0.5) is 0 Å². The van der Waals surface area contributed by atoms with E-state index in [4.69, 9.17) is 28.4 Å². The molecular formula is C52H97NO18. The normalized spacial score (nSPS) is 32.3. The van der Waals surface area contributed by atoms with Crippen LogP contribution in [0.25, 0.3) is 0 Å². The van der Waals surface area contributed by atoms with E-state index in [9.17, 15) is 61.0 Å². The number of allylic oxidation sites excluding steroid dienone is 2. The van der Waals surface area contributed by atoms with Gasteiger partial charge in [-0.05, 0) is 38.5 Å². The van der Waals surface area contributed by atoms with E-state index in [0.717, 1.165) is 57.8 Å². The zero-order valence-corrected chi connectivity index (χ0v) is 43.0. The molecule has 12 N–H and O–H groups in total. The first kappa shape index (κ1) is 63.8. The van der Waals surface area contributed by atoms with Gasteiger partial charge in [-0.25, -0.2) is 0 Å². The van der Waals surface area contributed by atoms with Gasteiger partial charge in [0.15, 0.2) is 18.9 Å². The summed E-state index contributed by atoms with van der Waals surface area (Å²) in [7, 11) is 0. The monoisotopic (exact) mass is 1020 g/mol. The lowest BCUT2D eigenvalue weighted by molar-refractivity contribution is -0.379. The molecule has 0 radical (unpaired) electrons. The van der Waals surface area contributed by atoms with Crippen molar-refractivity contribution in [3.63, 3.8) is 0 Å². The van der Waals surface area contributed by atoms with Gasteiger partial charge in [0, 0.05) is 6.42 Å². The number of rotatable bonds is 39. The Bertz CT molecular complexity index is 1360. The molecule has 3 fully saturated rings. The molecule has 0 saturated carbocycles. The SMILES string of the molecule is CCCCCCCCC/C=C\CCCCCCCCCC(=O)NC(COC1OC(CO)C(OC2OC(CO)C(OC3OC(CO)C(O)C(O)C3O)C(O)C2O)C(O)C1O)C(O)CCCCCCCCCC. The fourth-order valence-corrected chi connectivity index (χ4v) is 9.48. The molecule has 0 spiro atoms. The maximum Gasteiger partial charge on any atom is 0.220 e. The van der Waals surface area contributed by atoms with Crippen LogP contribution in [-0.4, -0.2) is 193 Å². The zero-order chi connectivity index (χ0) is 52.0. The van der Waals surface area contributed by atoms with Crippen molar-refractivity contribution in [3.05, 3.63) is 12.2 Å². The highest BCUT2D eigenvalue weighted by Crippen LogP contribution is 2.33. The van der Waals surface area contributed by atoms with E-state index < -0.39 is 124 Å². The number of hydrogen-bond acceptors (Lipinski definition) is 18. The number of unbranched alkanes of at least 4 members (excludes halogenated alkanes) is 21. The molecule has 3 rings (SSSR count). The summed E-state index contributed by atoms with van der Waals surface area (Å²) >= 11 is 0. The second kappa shape index (κ2) is 37.3. The molecule has 3 saturated heterocycles. The largest absolute Gasteiger partial charge is 0.394 e. The molecule has 0 aromatic heterocycles. The summed E-state index contributed by atoms with van der Waals surface area (Å²) in [5, 5.41) is 120. The second-order valence-electron chi connectivity index (χ2n) is 20.0. The van der Waals surface area contributed by atoms with Crippen molar-refractivity contribution in [2.75, 3.05) is 26.4 Å². The molecular weight excluding hydrogens is 927 g/mol. The van der Waals surface area contributed by atoms with Crippen LogP contribution in [0.2, 0.25) is 0 Å². The Kier molecular flexibility index (Phi) is 33.5. The van der Waals surface area contributed by atoms with Crippen LogP contribution in [0.15, 0.2) is 12.2 Å². The van der Waals surface area contributed by atoms with Crippen molar-refractivity contribution >= 4 is 5.91 Å². The van der Waals surface area contributed by atoms with Crippen LogP contribution in [0, 0.1) is 0 Å². The third kappa shape index (κ3) is 22.7. The van der Waals surface area contributed by atoms with E-state index >= 15 is 0 Å². The molecule has 17 atom stereocenters. The fourth-order valence-electron chi connectivity index (χ4n) is 9.48. The molecule has 3 aliphatic rings. The smallest absolute Gasteiger partial charge is 0.220 e. The molecule has 418 valence electrons. The summed E-state index contributed by atoms with van der Waals surface area (Å²) in [6.07, 6.45) is 6.21. The minimum atomic E-state index is -1.97. The molecule has 17 unspecified atom stereocenters. The molecule has 0 bridgehead atoms. The highest BCUT2D eigenvalue weighted by molar-refractivity contribution is 5.76. The van der Waals surface area contributed by atoms with Crippen molar-refractivity contribution in [1.29, 1.82) is 0 Å². The Morgan fingerprint density at radius 1 is 0.493 bits per heavy atom. The molecule has 19 nitrogen and oxygen atoms in total. The highest BCUT2D eigenvalue weighted by Gasteiger charge is 2.53. The van der Waals surface area contributed by atoms with Gasteiger partial charge in [-0.15, -0.1) is 0 Å². The molecule has 0 aromatic carbocycles. The minimum absolute atomic E-state index is 0.251. The van der Waals surface area contributed by atoms with Crippen molar-refractivity contribution in [2.24, 2.45) is 0 Å². The third-order valence-electron chi connectivity index (χ3n) is 14.1. The first-order valence-corrected chi connectivity index (χ1v) is 27.4. The van der Waals surface area contributed by atoms with Gasteiger partial charge in [0.2, 0.25) is 5.91 Å². The van der Waals surface area contributed by atoms with Gasteiger partial charge >= 0.3 is 0 Å². The Morgan fingerprint density at radius 2 is 0.887 bits per heavy atom. The molecule has 0 aliphatic carbocycles. The van der Waals surface area contributed by atoms with Crippen molar-refractivity contribution in [2.45, 2.75) is 285 Å². The van der Waals surface area contributed by atoms with Gasteiger partial charge in [-0.2, -0.15) is 0 Å². The number of carbonyl (C=O) groups excluding carboxylic acids is 1. The third-order valence-corrected chi connectivity index (χ3v) is 14.1. The van der Waals surface area contributed by atoms with Crippen LogP contribution in [0.5, 0.6) is 0 Å². The van der Waals surface area contributed by atoms with E-state index in [1.54, 1.807) is 0 Å². The summed E-state index contributed by atoms with van der Waals surface area (Å²) < 4.78 is 34.1. The summed E-state index contributed by atoms with van der Waals surface area (Å²) in [6, 6.07) is -0.882. The Hall–Kier alpha value is -1.47. The predicted molar refractivity (Wildman–Crippen MR) is 263 cm³/mol. The number of nitrogens with one attached hydrogen (secondary N) is 1. The zero-order valence-electron chi connectivity index (χ0n) is 43.0. The standard InChI is InChI=1S/C52H97NO18/c1-3-5-7-9-11-13-14-15-16-17-18-19-20-21-22-24-26-28-30-40(58)53-35(36(57)29-27-25-23-12-10-8-6-4-2)34-66-50-46(64)43(61)48(38(32-55)68-50)71-52-47(65)44(62)49(39(33-56)69-52)70-51-45(63)42(60)41(59)37(31-54)67-51/h16-17,35-39,41-52,54-57,59-65H,3-15,18-34H2,1-2H3,(H,53,58)/b17-16-. The van der Waals surface area contributed by atoms with E-state index in [1.807, 2.05) is 0 Å². The molecule has 19 heteroatoms. The summed E-state index contributed by atoms with van der Waals surface area (Å²) in [5.41, 5.74) is 0. The van der Waals surface area contributed by atoms with E-state index in [0.29, 0.717) is 12.8 Å². The van der Waals surface area contributed by atoms with Crippen LogP contribution in [-0.2, 0) is 33.2 Å². The lowest BCUT2D eigenvalue weighted by atomic mass is 9.96. The van der Waals surface area contributed by atoms with Crippen molar-refractivity contribution < 1.29 is 89.4 Å². The number of aliphatic hydroxyl groups is 11. The number of aliphatic hydroxyl groups excluding tert-OH is 11. The first-order valence-electron chi connectivity index (χ1n) is 27.4. The van der Waals surface area contributed by atoms with Gasteiger partial charge in [0.25, 0.3) is 0 Å². The number of ether oxygens (including phenoxy) is 6. The molecule has 0 aromatic rings. The van der Waals surface area contributed by atoms with Gasteiger partial charge in [-0.1, -0.05) is 148 Å². The van der Waals surface area contributed by atoms with Crippen molar-refractivity contribution in [3.8, 4) is 0 Å². The Balaban J connectivity index is 1.49. The summed E-state index contributed by atoms with van der Waals surface area (Å²) in [5.74, 6) is -0.251. The van der Waals surface area contributed by atoms with Gasteiger partial charge in [-0.3, -0.25) is 4.79 Å². The van der Waals surface area contributed by atoms with Gasteiger partial charge in [0.1, 0.15) is 73.2 Å². The molecule has 71 heavy (non-hydrogen) atoms. The van der Waals surface area contributed by atoms with Crippen molar-refractivity contribution in [1.82, 2.24) is 5.32 Å². The van der Waals surface area contributed by atoms with Gasteiger partial charge < -0.3 is 89.9 Å². The fraction of sp³-hybridized carbons (Fsp3) is 0.942. The highest BCUT2D eigenvalue weighted by atomic mass is 16.8. The maximum absolute atomic E-state index is 13.2. The number of carbonyl (C=O) groups is 1.